The Morgan fingerprint density at radius 1 is 1.50 bits per heavy atom. The summed E-state index contributed by atoms with van der Waals surface area (Å²) in [5.41, 5.74) is 9.21. The van der Waals surface area contributed by atoms with Crippen LogP contribution < -0.4 is 11.1 Å². The van der Waals surface area contributed by atoms with E-state index in [0.29, 0.717) is 6.10 Å². The normalized spacial score (nSPS) is 20.2. The van der Waals surface area contributed by atoms with Crippen molar-refractivity contribution in [2.75, 3.05) is 18.9 Å². The maximum atomic E-state index is 5.91. The Balaban J connectivity index is 1.82. The van der Waals surface area contributed by atoms with Crippen molar-refractivity contribution in [3.8, 4) is 0 Å². The van der Waals surface area contributed by atoms with Crippen LogP contribution in [0, 0.1) is 6.92 Å². The van der Waals surface area contributed by atoms with Crippen LogP contribution >= 0.6 is 0 Å². The van der Waals surface area contributed by atoms with E-state index in [1.54, 1.807) is 0 Å². The van der Waals surface area contributed by atoms with E-state index >= 15 is 0 Å². The molecule has 2 rings (SSSR count). The van der Waals surface area contributed by atoms with Gasteiger partial charge in [-0.1, -0.05) is 17.7 Å². The molecule has 0 radical (unpaired) electrons. The summed E-state index contributed by atoms with van der Waals surface area (Å²) in [4.78, 5) is 0. The topological polar surface area (TPSA) is 47.3 Å². The second kappa shape index (κ2) is 5.32. The fourth-order valence-corrected chi connectivity index (χ4v) is 2.06. The molecule has 3 N–H and O–H groups in total. The summed E-state index contributed by atoms with van der Waals surface area (Å²) >= 11 is 0. The van der Waals surface area contributed by atoms with Gasteiger partial charge in [0.05, 0.1) is 6.10 Å². The summed E-state index contributed by atoms with van der Waals surface area (Å²) in [6.07, 6.45) is 2.76. The molecule has 16 heavy (non-hydrogen) atoms. The van der Waals surface area contributed by atoms with Crippen LogP contribution in [-0.2, 0) is 11.3 Å². The number of benzene rings is 1. The van der Waals surface area contributed by atoms with E-state index in [1.807, 2.05) is 12.1 Å². The van der Waals surface area contributed by atoms with Gasteiger partial charge in [-0.05, 0) is 31.4 Å². The molecule has 0 saturated carbocycles. The summed E-state index contributed by atoms with van der Waals surface area (Å²) in [5, 5.41) is 3.41. The van der Waals surface area contributed by atoms with Gasteiger partial charge in [0.1, 0.15) is 0 Å². The molecule has 0 spiro atoms. The largest absolute Gasteiger partial charge is 0.398 e. The SMILES string of the molecule is Cc1ccc(N)c(CNCC2CCCO2)c1. The Hall–Kier alpha value is -1.06. The molecule has 3 nitrogen and oxygen atoms in total. The third-order valence-electron chi connectivity index (χ3n) is 3.01. The Morgan fingerprint density at radius 2 is 2.38 bits per heavy atom. The fraction of sp³-hybridized carbons (Fsp3) is 0.538. The van der Waals surface area contributed by atoms with Crippen molar-refractivity contribution in [1.29, 1.82) is 0 Å². The van der Waals surface area contributed by atoms with Crippen LogP contribution in [0.5, 0.6) is 0 Å². The van der Waals surface area contributed by atoms with Crippen LogP contribution in [0.4, 0.5) is 5.69 Å². The van der Waals surface area contributed by atoms with Crippen LogP contribution in [0.25, 0.3) is 0 Å². The van der Waals surface area contributed by atoms with Crippen LogP contribution in [0.15, 0.2) is 18.2 Å². The Labute approximate surface area is 97.0 Å². The molecular formula is C13H20N2O. The van der Waals surface area contributed by atoms with Gasteiger partial charge in [-0.2, -0.15) is 0 Å². The van der Waals surface area contributed by atoms with Crippen molar-refractivity contribution in [2.24, 2.45) is 0 Å². The van der Waals surface area contributed by atoms with Gasteiger partial charge < -0.3 is 15.8 Å². The summed E-state index contributed by atoms with van der Waals surface area (Å²) in [7, 11) is 0. The van der Waals surface area contributed by atoms with E-state index < -0.39 is 0 Å². The number of nitrogens with two attached hydrogens (primary N) is 1. The molecule has 1 atom stereocenters. The predicted molar refractivity (Wildman–Crippen MR) is 66.3 cm³/mol. The second-order valence-corrected chi connectivity index (χ2v) is 4.47. The van der Waals surface area contributed by atoms with Gasteiger partial charge >= 0.3 is 0 Å². The van der Waals surface area contributed by atoms with Gasteiger partial charge in [-0.15, -0.1) is 0 Å². The molecule has 0 bridgehead atoms. The zero-order chi connectivity index (χ0) is 11.4. The lowest BCUT2D eigenvalue weighted by Gasteiger charge is -2.12. The maximum absolute atomic E-state index is 5.91. The maximum Gasteiger partial charge on any atom is 0.0700 e. The van der Waals surface area contributed by atoms with E-state index in [1.165, 1.54) is 24.0 Å². The number of hydrogen-bond acceptors (Lipinski definition) is 3. The number of nitrogens with one attached hydrogen (secondary N) is 1. The molecule has 1 aromatic carbocycles. The number of nitrogen functional groups attached to an aromatic ring is 1. The smallest absolute Gasteiger partial charge is 0.0700 e. The lowest BCUT2D eigenvalue weighted by molar-refractivity contribution is 0.110. The molecule has 0 amide bonds. The highest BCUT2D eigenvalue weighted by molar-refractivity contribution is 5.48. The first-order chi connectivity index (χ1) is 7.75. The molecule has 1 fully saturated rings. The number of ether oxygens (including phenoxy) is 1. The second-order valence-electron chi connectivity index (χ2n) is 4.47. The monoisotopic (exact) mass is 220 g/mol. The average Bonchev–Trinajstić information content (AvgIpc) is 2.76. The summed E-state index contributed by atoms with van der Waals surface area (Å²) in [5.74, 6) is 0. The van der Waals surface area contributed by atoms with E-state index in [9.17, 15) is 0 Å². The predicted octanol–water partition coefficient (Wildman–Crippen LogP) is 1.85. The van der Waals surface area contributed by atoms with Gasteiger partial charge in [0, 0.05) is 25.4 Å². The summed E-state index contributed by atoms with van der Waals surface area (Å²) in [6.45, 7) is 4.75. The van der Waals surface area contributed by atoms with Gasteiger partial charge in [0.15, 0.2) is 0 Å². The fourth-order valence-electron chi connectivity index (χ4n) is 2.06. The highest BCUT2D eigenvalue weighted by atomic mass is 16.5. The van der Waals surface area contributed by atoms with Gasteiger partial charge in [-0.25, -0.2) is 0 Å². The third kappa shape index (κ3) is 2.97. The van der Waals surface area contributed by atoms with E-state index in [-0.39, 0.29) is 0 Å². The molecule has 1 aliphatic heterocycles. The molecule has 88 valence electrons. The van der Waals surface area contributed by atoms with Crippen molar-refractivity contribution in [3.63, 3.8) is 0 Å². The molecule has 0 aliphatic carbocycles. The van der Waals surface area contributed by atoms with Crippen LogP contribution in [-0.4, -0.2) is 19.3 Å². The van der Waals surface area contributed by atoms with E-state index in [4.69, 9.17) is 10.5 Å². The number of rotatable bonds is 4. The molecule has 0 aromatic heterocycles. The van der Waals surface area contributed by atoms with Crippen molar-refractivity contribution < 1.29 is 4.74 Å². The summed E-state index contributed by atoms with van der Waals surface area (Å²) in [6, 6.07) is 6.15. The minimum absolute atomic E-state index is 0.394. The van der Waals surface area contributed by atoms with E-state index in [2.05, 4.69) is 18.3 Å². The Morgan fingerprint density at radius 3 is 3.12 bits per heavy atom. The quantitative estimate of drug-likeness (QED) is 0.761. The molecule has 1 saturated heterocycles. The molecule has 3 heteroatoms. The highest BCUT2D eigenvalue weighted by Crippen LogP contribution is 2.14. The van der Waals surface area contributed by atoms with E-state index in [0.717, 1.165) is 25.4 Å². The van der Waals surface area contributed by atoms with Crippen LogP contribution in [0.2, 0.25) is 0 Å². The van der Waals surface area contributed by atoms with Crippen molar-refractivity contribution in [3.05, 3.63) is 29.3 Å². The van der Waals surface area contributed by atoms with Gasteiger partial charge in [0.25, 0.3) is 0 Å². The minimum atomic E-state index is 0.394. The zero-order valence-corrected chi connectivity index (χ0v) is 9.83. The first-order valence-corrected chi connectivity index (χ1v) is 5.93. The Bertz CT molecular complexity index is 346. The van der Waals surface area contributed by atoms with Crippen LogP contribution in [0.3, 0.4) is 0 Å². The lowest BCUT2D eigenvalue weighted by atomic mass is 10.1. The third-order valence-corrected chi connectivity index (χ3v) is 3.01. The first kappa shape index (κ1) is 11.4. The highest BCUT2D eigenvalue weighted by Gasteiger charge is 2.14. The zero-order valence-electron chi connectivity index (χ0n) is 9.83. The molecule has 1 unspecified atom stereocenters. The van der Waals surface area contributed by atoms with Gasteiger partial charge in [0.2, 0.25) is 0 Å². The van der Waals surface area contributed by atoms with Crippen molar-refractivity contribution >= 4 is 5.69 Å². The minimum Gasteiger partial charge on any atom is -0.398 e. The first-order valence-electron chi connectivity index (χ1n) is 5.93. The molecule has 1 aliphatic rings. The van der Waals surface area contributed by atoms with Crippen molar-refractivity contribution in [1.82, 2.24) is 5.32 Å². The van der Waals surface area contributed by atoms with Crippen LogP contribution in [0.1, 0.15) is 24.0 Å². The lowest BCUT2D eigenvalue weighted by Crippen LogP contribution is -2.26. The molecular weight excluding hydrogens is 200 g/mol. The van der Waals surface area contributed by atoms with Gasteiger partial charge in [-0.3, -0.25) is 0 Å². The Kier molecular flexibility index (Phi) is 3.80. The standard InChI is InChI=1S/C13H20N2O/c1-10-4-5-13(14)11(7-10)8-15-9-12-3-2-6-16-12/h4-5,7,12,15H,2-3,6,8-9,14H2,1H3. The summed E-state index contributed by atoms with van der Waals surface area (Å²) < 4.78 is 5.55. The average molecular weight is 220 g/mol. The number of aryl methyl sites for hydroxylation is 1. The molecule has 1 aromatic rings. The number of hydrogen-bond donors (Lipinski definition) is 2. The number of anilines is 1. The molecule has 1 heterocycles. The van der Waals surface area contributed by atoms with Crippen molar-refractivity contribution in [2.45, 2.75) is 32.4 Å².